The zero-order valence-electron chi connectivity index (χ0n) is 30.5. The Hall–Kier alpha value is -2.40. The number of nitrogens with two attached hydrogens (primary N) is 1. The largest absolute Gasteiger partial charge is 0.481 e. The topological polar surface area (TPSA) is 156 Å². The number of hydrogen-bond donors (Lipinski definition) is 4. The second kappa shape index (κ2) is 32.8. The molecule has 0 saturated carbocycles. The molecule has 0 amide bonds. The van der Waals surface area contributed by atoms with Gasteiger partial charge in [0.2, 0.25) is 0 Å². The molecule has 0 fully saturated rings. The van der Waals surface area contributed by atoms with Crippen molar-refractivity contribution in [3.63, 3.8) is 0 Å². The molecular formula is C39H67NO8S. The number of aliphatic hydroxyl groups excluding tert-OH is 2. The third-order valence-corrected chi connectivity index (χ3v) is 9.57. The number of esters is 2. The third kappa shape index (κ3) is 29.1. The molecule has 0 bridgehead atoms. The van der Waals surface area contributed by atoms with Gasteiger partial charge in [0.1, 0.15) is 12.6 Å². The SMILES string of the molecule is CCCCC/C=C\C\C=C/C=C/C=C/[C@@H](SC[C@H](N)C(=O)O[C@@H](CO)COC(=O)CCCCCCCCC(C)CC)[C@@H](O)CCCC(=O)O. The van der Waals surface area contributed by atoms with E-state index >= 15 is 0 Å². The lowest BCUT2D eigenvalue weighted by molar-refractivity contribution is -0.162. The standard InChI is InChI=1S/C39H67NO8S/c1-4-6-7-8-9-10-11-12-13-14-18-21-26-36(35(42)25-23-27-37(43)44)49-31-34(40)39(46)48-33(29-41)30-47-38(45)28-22-19-16-15-17-20-24-32(3)5-2/h9-10,12-14,18,21,26,32-36,41-42H,4-8,11,15-17,19-20,22-25,27-31,40H2,1-3H3,(H,43,44)/b10-9-,13-12-,18-14+,26-21+/t32?,33-,34-,35-,36+/m0/s1. The second-order valence-corrected chi connectivity index (χ2v) is 14.0. The van der Waals surface area contributed by atoms with E-state index in [0.29, 0.717) is 6.42 Å². The molecule has 49 heavy (non-hydrogen) atoms. The summed E-state index contributed by atoms with van der Waals surface area (Å²) in [7, 11) is 0. The summed E-state index contributed by atoms with van der Waals surface area (Å²) < 4.78 is 10.5. The summed E-state index contributed by atoms with van der Waals surface area (Å²) in [5.74, 6) is -1.16. The van der Waals surface area contributed by atoms with E-state index in [9.17, 15) is 24.6 Å². The van der Waals surface area contributed by atoms with Crippen LogP contribution in [-0.2, 0) is 23.9 Å². The van der Waals surface area contributed by atoms with Gasteiger partial charge in [-0.05, 0) is 44.4 Å². The summed E-state index contributed by atoms with van der Waals surface area (Å²) in [4.78, 5) is 35.7. The maximum atomic E-state index is 12.7. The van der Waals surface area contributed by atoms with Crippen molar-refractivity contribution >= 4 is 29.7 Å². The molecule has 10 heteroatoms. The Labute approximate surface area is 300 Å². The number of thioether (sulfide) groups is 1. The Bertz CT molecular complexity index is 967. The van der Waals surface area contributed by atoms with Gasteiger partial charge in [-0.15, -0.1) is 11.8 Å². The molecule has 1 unspecified atom stereocenters. The van der Waals surface area contributed by atoms with E-state index in [-0.39, 0.29) is 31.6 Å². The Balaban J connectivity index is 4.68. The highest BCUT2D eigenvalue weighted by atomic mass is 32.2. The fourth-order valence-electron chi connectivity index (χ4n) is 4.78. The third-order valence-electron chi connectivity index (χ3n) is 8.17. The number of aliphatic hydroxyl groups is 2. The van der Waals surface area contributed by atoms with E-state index in [4.69, 9.17) is 20.3 Å². The van der Waals surface area contributed by atoms with E-state index in [1.807, 2.05) is 18.2 Å². The molecule has 0 radical (unpaired) electrons. The Kier molecular flexibility index (Phi) is 31.2. The molecule has 5 N–H and O–H groups in total. The van der Waals surface area contributed by atoms with Gasteiger partial charge < -0.3 is 30.5 Å². The van der Waals surface area contributed by atoms with Crippen LogP contribution in [0.4, 0.5) is 0 Å². The van der Waals surface area contributed by atoms with E-state index in [1.54, 1.807) is 12.2 Å². The highest BCUT2D eigenvalue weighted by molar-refractivity contribution is 8.00. The molecule has 0 aromatic heterocycles. The monoisotopic (exact) mass is 709 g/mol. The molecule has 282 valence electrons. The first-order chi connectivity index (χ1) is 23.6. The fraction of sp³-hybridized carbons (Fsp3) is 0.718. The quantitative estimate of drug-likeness (QED) is 0.0235. The number of rotatable bonds is 32. The van der Waals surface area contributed by atoms with Crippen LogP contribution in [0.3, 0.4) is 0 Å². The minimum atomic E-state index is -1.05. The average Bonchev–Trinajstić information content (AvgIpc) is 3.08. The predicted molar refractivity (Wildman–Crippen MR) is 201 cm³/mol. The summed E-state index contributed by atoms with van der Waals surface area (Å²) in [6, 6.07) is -1.05. The molecule has 0 aliphatic rings. The van der Waals surface area contributed by atoms with E-state index in [1.165, 1.54) is 63.1 Å². The van der Waals surface area contributed by atoms with Gasteiger partial charge in [-0.25, -0.2) is 0 Å². The molecule has 0 aromatic rings. The predicted octanol–water partition coefficient (Wildman–Crippen LogP) is 7.84. The Morgan fingerprint density at radius 2 is 1.55 bits per heavy atom. The molecule has 9 nitrogen and oxygen atoms in total. The van der Waals surface area contributed by atoms with Crippen molar-refractivity contribution in [3.8, 4) is 0 Å². The van der Waals surface area contributed by atoms with Gasteiger partial charge >= 0.3 is 17.9 Å². The number of aliphatic carboxylic acids is 1. The molecule has 0 rings (SSSR count). The van der Waals surface area contributed by atoms with Gasteiger partial charge in [0, 0.05) is 23.8 Å². The summed E-state index contributed by atoms with van der Waals surface area (Å²) in [5.41, 5.74) is 6.08. The highest BCUT2D eigenvalue weighted by Gasteiger charge is 2.24. The smallest absolute Gasteiger partial charge is 0.324 e. The first-order valence-electron chi connectivity index (χ1n) is 18.5. The number of carboxylic acids is 1. The van der Waals surface area contributed by atoms with E-state index < -0.39 is 48.0 Å². The molecular weight excluding hydrogens is 642 g/mol. The maximum Gasteiger partial charge on any atom is 0.324 e. The fourth-order valence-corrected chi connectivity index (χ4v) is 5.90. The van der Waals surface area contributed by atoms with Gasteiger partial charge in [0.15, 0.2) is 6.10 Å². The van der Waals surface area contributed by atoms with Crippen LogP contribution in [-0.4, -0.2) is 75.7 Å². The number of carboxylic acid groups (broad SMARTS) is 1. The van der Waals surface area contributed by atoms with Crippen LogP contribution in [0, 0.1) is 5.92 Å². The van der Waals surface area contributed by atoms with Crippen LogP contribution in [0.2, 0.25) is 0 Å². The number of ether oxygens (including phenoxy) is 2. The molecule has 0 saturated heterocycles. The average molecular weight is 710 g/mol. The molecule has 0 aromatic carbocycles. The second-order valence-electron chi connectivity index (χ2n) is 12.8. The first-order valence-corrected chi connectivity index (χ1v) is 19.6. The van der Waals surface area contributed by atoms with Crippen molar-refractivity contribution in [3.05, 3.63) is 48.6 Å². The summed E-state index contributed by atoms with van der Waals surface area (Å²) >= 11 is 1.26. The number of allylic oxidation sites excluding steroid dienone is 7. The van der Waals surface area contributed by atoms with Gasteiger partial charge in [-0.1, -0.05) is 127 Å². The summed E-state index contributed by atoms with van der Waals surface area (Å²) in [6.07, 6.45) is 29.2. The van der Waals surface area contributed by atoms with Crippen LogP contribution >= 0.6 is 11.8 Å². The van der Waals surface area contributed by atoms with E-state index in [0.717, 1.165) is 38.0 Å². The van der Waals surface area contributed by atoms with Crippen molar-refractivity contribution in [2.75, 3.05) is 19.0 Å². The van der Waals surface area contributed by atoms with Gasteiger partial charge in [0.25, 0.3) is 0 Å². The minimum Gasteiger partial charge on any atom is -0.481 e. The van der Waals surface area contributed by atoms with Crippen LogP contribution in [0.15, 0.2) is 48.6 Å². The van der Waals surface area contributed by atoms with Gasteiger partial charge in [-0.2, -0.15) is 0 Å². The summed E-state index contributed by atoms with van der Waals surface area (Å²) in [6.45, 7) is 5.94. The minimum absolute atomic E-state index is 0.0481. The highest BCUT2D eigenvalue weighted by Crippen LogP contribution is 2.22. The number of carbonyl (C=O) groups is 3. The number of unbranched alkanes of at least 4 members (excludes halogenated alkanes) is 8. The molecule has 0 spiro atoms. The molecule has 0 aliphatic carbocycles. The maximum absolute atomic E-state index is 12.7. The summed E-state index contributed by atoms with van der Waals surface area (Å²) in [5, 5.41) is 29.0. The van der Waals surface area contributed by atoms with Crippen molar-refractivity contribution < 1.29 is 39.2 Å². The molecule has 0 heterocycles. The van der Waals surface area contributed by atoms with Crippen LogP contribution in [0.25, 0.3) is 0 Å². The molecule has 5 atom stereocenters. The van der Waals surface area contributed by atoms with E-state index in [2.05, 4.69) is 39.0 Å². The Morgan fingerprint density at radius 3 is 2.24 bits per heavy atom. The number of hydrogen-bond acceptors (Lipinski definition) is 9. The van der Waals surface area contributed by atoms with Gasteiger partial charge in [0.05, 0.1) is 12.7 Å². The van der Waals surface area contributed by atoms with Crippen LogP contribution in [0.5, 0.6) is 0 Å². The van der Waals surface area contributed by atoms with Crippen molar-refractivity contribution in [2.45, 2.75) is 153 Å². The van der Waals surface area contributed by atoms with Crippen molar-refractivity contribution in [2.24, 2.45) is 11.7 Å². The normalized spacial score (nSPS) is 15.2. The zero-order chi connectivity index (χ0) is 36.5. The number of carbonyl (C=O) groups excluding carboxylic acids is 2. The lowest BCUT2D eigenvalue weighted by Crippen LogP contribution is -2.40. The molecule has 0 aliphatic heterocycles. The van der Waals surface area contributed by atoms with Crippen molar-refractivity contribution in [1.82, 2.24) is 0 Å². The van der Waals surface area contributed by atoms with Gasteiger partial charge in [-0.3, -0.25) is 14.4 Å². The zero-order valence-corrected chi connectivity index (χ0v) is 31.3. The van der Waals surface area contributed by atoms with Crippen LogP contribution in [0.1, 0.15) is 130 Å². The van der Waals surface area contributed by atoms with Crippen LogP contribution < -0.4 is 5.73 Å². The Morgan fingerprint density at radius 1 is 0.837 bits per heavy atom. The van der Waals surface area contributed by atoms with Crippen molar-refractivity contribution in [1.29, 1.82) is 0 Å². The lowest BCUT2D eigenvalue weighted by atomic mass is 10.00. The first kappa shape index (κ1) is 46.6. The lowest BCUT2D eigenvalue weighted by Gasteiger charge is -2.22.